The topological polar surface area (TPSA) is 105 Å². The molecule has 1 aliphatic rings. The van der Waals surface area contributed by atoms with Gasteiger partial charge in [0.25, 0.3) is 5.91 Å². The average molecular weight is 436 g/mol. The third-order valence-electron chi connectivity index (χ3n) is 5.04. The van der Waals surface area contributed by atoms with Crippen LogP contribution in [0.1, 0.15) is 12.0 Å². The summed E-state index contributed by atoms with van der Waals surface area (Å²) in [5.41, 5.74) is 6.35. The number of nitrogens with two attached hydrogens (primary N) is 1. The van der Waals surface area contributed by atoms with Gasteiger partial charge in [-0.3, -0.25) is 4.79 Å². The molecule has 3 amide bonds. The summed E-state index contributed by atoms with van der Waals surface area (Å²) in [4.78, 5) is 25.2. The van der Waals surface area contributed by atoms with E-state index in [4.69, 9.17) is 22.1 Å². The predicted molar refractivity (Wildman–Crippen MR) is 111 cm³/mol. The summed E-state index contributed by atoms with van der Waals surface area (Å²) in [5.74, 6) is -0.329. The molecule has 7 nitrogen and oxygen atoms in total. The summed E-state index contributed by atoms with van der Waals surface area (Å²) in [5, 5.41) is 13.3. The van der Waals surface area contributed by atoms with Gasteiger partial charge in [-0.1, -0.05) is 23.7 Å². The zero-order valence-corrected chi connectivity index (χ0v) is 16.9. The van der Waals surface area contributed by atoms with Crippen LogP contribution >= 0.6 is 11.6 Å². The minimum absolute atomic E-state index is 0.0111. The number of piperidine rings is 1. The molecule has 2 aromatic carbocycles. The zero-order chi connectivity index (χ0) is 21.7. The molecule has 1 saturated heterocycles. The fourth-order valence-electron chi connectivity index (χ4n) is 3.46. The minimum atomic E-state index is -0.778. The maximum absolute atomic E-state index is 13.0. The van der Waals surface area contributed by atoms with Gasteiger partial charge in [-0.15, -0.1) is 0 Å². The first-order valence-corrected chi connectivity index (χ1v) is 9.88. The first-order valence-electron chi connectivity index (χ1n) is 9.51. The maximum Gasteiger partial charge on any atom is 0.316 e. The first kappa shape index (κ1) is 21.9. The van der Waals surface area contributed by atoms with Crippen LogP contribution in [0.3, 0.4) is 0 Å². The number of ether oxygens (including phenoxy) is 1. The molecule has 0 saturated carbocycles. The van der Waals surface area contributed by atoms with Crippen molar-refractivity contribution < 1.29 is 23.8 Å². The fourth-order valence-corrected chi connectivity index (χ4v) is 3.63. The number of carbonyl (C=O) groups excluding carboxylic acids is 2. The molecule has 0 aromatic heterocycles. The van der Waals surface area contributed by atoms with Crippen LogP contribution in [0.5, 0.6) is 5.75 Å². The second-order valence-corrected chi connectivity index (χ2v) is 7.64. The molecule has 2 aromatic rings. The van der Waals surface area contributed by atoms with Crippen LogP contribution in [0, 0.1) is 11.7 Å². The summed E-state index contributed by atoms with van der Waals surface area (Å²) in [6, 6.07) is 10.00. The molecule has 9 heteroatoms. The zero-order valence-electron chi connectivity index (χ0n) is 16.2. The van der Waals surface area contributed by atoms with Gasteiger partial charge in [0.05, 0.1) is 11.8 Å². The minimum Gasteiger partial charge on any atom is -0.482 e. The number of β-amino-alcohol motifs (C(OH)–C–C–N with tert-alkyl or cyclic N) is 1. The van der Waals surface area contributed by atoms with Crippen molar-refractivity contribution in [2.24, 2.45) is 11.7 Å². The number of carbonyl (C=O) groups is 2. The number of halogens is 2. The standard InChI is InChI=1S/C21H23ClFN3O4/c22-15-3-6-19(17(10-15)25-21(24)29)30-12-20(28)26-8-7-14(18(27)11-26)9-13-1-4-16(23)5-2-13/h1-6,10,14,18,27H,7-9,11-12H2,(H3,24,25,29). The van der Waals surface area contributed by atoms with Gasteiger partial charge < -0.3 is 25.8 Å². The number of hydrogen-bond acceptors (Lipinski definition) is 4. The smallest absolute Gasteiger partial charge is 0.316 e. The van der Waals surface area contributed by atoms with Gasteiger partial charge in [-0.2, -0.15) is 0 Å². The Hall–Kier alpha value is -2.84. The number of rotatable bonds is 6. The highest BCUT2D eigenvalue weighted by atomic mass is 35.5. The molecule has 160 valence electrons. The SMILES string of the molecule is NC(=O)Nc1cc(Cl)ccc1OCC(=O)N1CCC(Cc2ccc(F)cc2)C(O)C1. The summed E-state index contributed by atoms with van der Waals surface area (Å²) in [7, 11) is 0. The number of nitrogens with one attached hydrogen (secondary N) is 1. The van der Waals surface area contributed by atoms with Crippen molar-refractivity contribution in [1.29, 1.82) is 0 Å². The Kier molecular flexibility index (Phi) is 7.12. The van der Waals surface area contributed by atoms with E-state index in [-0.39, 0.29) is 42.2 Å². The molecule has 1 fully saturated rings. The van der Waals surface area contributed by atoms with Crippen molar-refractivity contribution in [3.05, 3.63) is 58.9 Å². The predicted octanol–water partition coefficient (Wildman–Crippen LogP) is 2.80. The fraction of sp³-hybridized carbons (Fsp3) is 0.333. The van der Waals surface area contributed by atoms with Crippen LogP contribution in [-0.4, -0.2) is 47.7 Å². The molecule has 0 bridgehead atoms. The Bertz CT molecular complexity index is 910. The number of nitrogens with zero attached hydrogens (tertiary/aromatic N) is 1. The third-order valence-corrected chi connectivity index (χ3v) is 5.27. The van der Waals surface area contributed by atoms with E-state index in [1.807, 2.05) is 0 Å². The average Bonchev–Trinajstić information content (AvgIpc) is 2.70. The number of benzene rings is 2. The monoisotopic (exact) mass is 435 g/mol. The number of likely N-dealkylation sites (tertiary alicyclic amines) is 1. The molecular weight excluding hydrogens is 413 g/mol. The highest BCUT2D eigenvalue weighted by molar-refractivity contribution is 6.31. The van der Waals surface area contributed by atoms with E-state index in [1.165, 1.54) is 24.3 Å². The summed E-state index contributed by atoms with van der Waals surface area (Å²) in [6.45, 7) is 0.420. The molecule has 1 aliphatic heterocycles. The Labute approximate surface area is 178 Å². The van der Waals surface area contributed by atoms with Crippen LogP contribution < -0.4 is 15.8 Å². The molecule has 3 rings (SSSR count). The van der Waals surface area contributed by atoms with Crippen molar-refractivity contribution in [3.8, 4) is 5.75 Å². The number of amides is 3. The van der Waals surface area contributed by atoms with Crippen molar-refractivity contribution in [3.63, 3.8) is 0 Å². The molecule has 1 heterocycles. The molecule has 0 aliphatic carbocycles. The Morgan fingerprint density at radius 1 is 1.27 bits per heavy atom. The molecule has 0 spiro atoms. The Morgan fingerprint density at radius 2 is 2.00 bits per heavy atom. The van der Waals surface area contributed by atoms with E-state index in [0.717, 1.165) is 5.56 Å². The third kappa shape index (κ3) is 5.84. The van der Waals surface area contributed by atoms with Gasteiger partial charge in [0.15, 0.2) is 6.61 Å². The molecule has 4 N–H and O–H groups in total. The van der Waals surface area contributed by atoms with Crippen LogP contribution in [0.25, 0.3) is 0 Å². The van der Waals surface area contributed by atoms with E-state index < -0.39 is 12.1 Å². The van der Waals surface area contributed by atoms with E-state index in [2.05, 4.69) is 5.32 Å². The number of urea groups is 1. The van der Waals surface area contributed by atoms with Crippen molar-refractivity contribution in [2.75, 3.05) is 25.0 Å². The van der Waals surface area contributed by atoms with Gasteiger partial charge in [-0.25, -0.2) is 9.18 Å². The summed E-state index contributed by atoms with van der Waals surface area (Å²) < 4.78 is 18.6. The van der Waals surface area contributed by atoms with E-state index in [1.54, 1.807) is 23.1 Å². The number of aliphatic hydroxyl groups is 1. The van der Waals surface area contributed by atoms with Gasteiger partial charge >= 0.3 is 6.03 Å². The number of hydrogen-bond donors (Lipinski definition) is 3. The van der Waals surface area contributed by atoms with E-state index >= 15 is 0 Å². The van der Waals surface area contributed by atoms with Crippen LogP contribution in [0.2, 0.25) is 5.02 Å². The molecule has 2 atom stereocenters. The second-order valence-electron chi connectivity index (χ2n) is 7.20. The lowest BCUT2D eigenvalue weighted by Crippen LogP contribution is -2.48. The lowest BCUT2D eigenvalue weighted by atomic mass is 9.88. The van der Waals surface area contributed by atoms with Gasteiger partial charge in [0.1, 0.15) is 11.6 Å². The Balaban J connectivity index is 1.54. The Morgan fingerprint density at radius 3 is 2.67 bits per heavy atom. The van der Waals surface area contributed by atoms with Crippen LogP contribution in [0.4, 0.5) is 14.9 Å². The highest BCUT2D eigenvalue weighted by Crippen LogP contribution is 2.28. The van der Waals surface area contributed by atoms with Crippen molar-refractivity contribution in [2.45, 2.75) is 18.9 Å². The van der Waals surface area contributed by atoms with Crippen molar-refractivity contribution >= 4 is 29.2 Å². The van der Waals surface area contributed by atoms with Gasteiger partial charge in [-0.05, 0) is 54.7 Å². The molecule has 0 radical (unpaired) electrons. The summed E-state index contributed by atoms with van der Waals surface area (Å²) >= 11 is 5.91. The van der Waals surface area contributed by atoms with Crippen molar-refractivity contribution in [1.82, 2.24) is 4.90 Å². The lowest BCUT2D eigenvalue weighted by Gasteiger charge is -2.36. The van der Waals surface area contributed by atoms with Crippen LogP contribution in [-0.2, 0) is 11.2 Å². The molecular formula is C21H23ClFN3O4. The molecule has 30 heavy (non-hydrogen) atoms. The molecule has 2 unspecified atom stereocenters. The number of aliphatic hydroxyl groups excluding tert-OH is 1. The number of anilines is 1. The van der Waals surface area contributed by atoms with E-state index in [0.29, 0.717) is 24.4 Å². The highest BCUT2D eigenvalue weighted by Gasteiger charge is 2.30. The van der Waals surface area contributed by atoms with Gasteiger partial charge in [0, 0.05) is 18.1 Å². The van der Waals surface area contributed by atoms with E-state index in [9.17, 15) is 19.1 Å². The maximum atomic E-state index is 13.0. The normalized spacial score (nSPS) is 18.7. The second kappa shape index (κ2) is 9.77. The first-order chi connectivity index (χ1) is 14.3. The number of primary amides is 1. The quantitative estimate of drug-likeness (QED) is 0.648. The van der Waals surface area contributed by atoms with Gasteiger partial charge in [0.2, 0.25) is 0 Å². The summed E-state index contributed by atoms with van der Waals surface area (Å²) in [6.07, 6.45) is 0.558. The lowest BCUT2D eigenvalue weighted by molar-refractivity contribution is -0.137. The van der Waals surface area contributed by atoms with Crippen LogP contribution in [0.15, 0.2) is 42.5 Å². The largest absolute Gasteiger partial charge is 0.482 e.